The Morgan fingerprint density at radius 2 is 2.04 bits per heavy atom. The van der Waals surface area contributed by atoms with Crippen molar-refractivity contribution in [3.63, 3.8) is 0 Å². The zero-order valence-electron chi connectivity index (χ0n) is 13.0. The first-order valence-electron chi connectivity index (χ1n) is 6.96. The minimum Gasteiger partial charge on any atom is -0.461 e. The topological polar surface area (TPSA) is 109 Å². The number of carbonyl (C=O) groups is 2. The molecule has 1 aromatic carbocycles. The summed E-state index contributed by atoms with van der Waals surface area (Å²) in [6, 6.07) is 4.19. The highest BCUT2D eigenvalue weighted by Gasteiger charge is 2.19. The maximum atomic E-state index is 12.1. The summed E-state index contributed by atoms with van der Waals surface area (Å²) in [5.74, 6) is -1.23. The average molecular weight is 350 g/mol. The van der Waals surface area contributed by atoms with E-state index >= 15 is 0 Å². The van der Waals surface area contributed by atoms with E-state index in [4.69, 9.17) is 9.47 Å². The van der Waals surface area contributed by atoms with E-state index in [1.807, 2.05) is 0 Å². The number of nitro benzene ring substituents is 1. The van der Waals surface area contributed by atoms with Crippen molar-refractivity contribution in [3.8, 4) is 0 Å². The minimum atomic E-state index is -0.693. The number of hydrogen-bond acceptors (Lipinski definition) is 8. The van der Waals surface area contributed by atoms with Crippen LogP contribution in [0.3, 0.4) is 0 Å². The van der Waals surface area contributed by atoms with Gasteiger partial charge in [-0.15, -0.1) is 11.3 Å². The van der Waals surface area contributed by atoms with Gasteiger partial charge in [-0.1, -0.05) is 6.07 Å². The Bertz CT molecular complexity index is 786. The lowest BCUT2D eigenvalue weighted by Gasteiger charge is -2.06. The molecule has 0 radical (unpaired) electrons. The normalized spacial score (nSPS) is 10.2. The third-order valence-corrected chi connectivity index (χ3v) is 3.95. The van der Waals surface area contributed by atoms with Crippen LogP contribution in [0.5, 0.6) is 0 Å². The number of esters is 2. The molecule has 1 aromatic heterocycles. The zero-order chi connectivity index (χ0) is 17.7. The molecule has 126 valence electrons. The van der Waals surface area contributed by atoms with Crippen LogP contribution >= 0.6 is 11.3 Å². The largest absolute Gasteiger partial charge is 0.461 e. The van der Waals surface area contributed by atoms with Crippen molar-refractivity contribution in [2.45, 2.75) is 20.5 Å². The average Bonchev–Trinajstić information content (AvgIpc) is 3.02. The number of nitrogens with zero attached hydrogens (tertiary/aromatic N) is 2. The quantitative estimate of drug-likeness (QED) is 0.447. The monoisotopic (exact) mass is 350 g/mol. The molecule has 0 fully saturated rings. The summed E-state index contributed by atoms with van der Waals surface area (Å²) in [6.07, 6.45) is 0. The summed E-state index contributed by atoms with van der Waals surface area (Å²) < 4.78 is 9.94. The molecule has 0 aliphatic carbocycles. The van der Waals surface area contributed by atoms with Crippen LogP contribution in [0.25, 0.3) is 0 Å². The molecule has 0 unspecified atom stereocenters. The fourth-order valence-corrected chi connectivity index (χ4v) is 2.61. The van der Waals surface area contributed by atoms with Crippen molar-refractivity contribution >= 4 is 29.0 Å². The number of carbonyl (C=O) groups excluding carboxylic acids is 2. The van der Waals surface area contributed by atoms with Crippen LogP contribution in [0.2, 0.25) is 0 Å². The predicted octanol–water partition coefficient (Wildman–Crippen LogP) is 2.89. The second-order valence-corrected chi connectivity index (χ2v) is 5.51. The first-order valence-corrected chi connectivity index (χ1v) is 7.84. The molecule has 0 N–H and O–H groups in total. The van der Waals surface area contributed by atoms with Gasteiger partial charge in [-0.05, 0) is 19.9 Å². The van der Waals surface area contributed by atoms with Crippen molar-refractivity contribution in [3.05, 3.63) is 55.5 Å². The summed E-state index contributed by atoms with van der Waals surface area (Å²) in [6.45, 7) is 3.28. The van der Waals surface area contributed by atoms with Crippen molar-refractivity contribution in [1.29, 1.82) is 0 Å². The minimum absolute atomic E-state index is 0.116. The summed E-state index contributed by atoms with van der Waals surface area (Å²) in [7, 11) is 0. The first-order chi connectivity index (χ1) is 11.4. The molecule has 0 atom stereocenters. The van der Waals surface area contributed by atoms with Crippen LogP contribution in [0.4, 0.5) is 5.69 Å². The summed E-state index contributed by atoms with van der Waals surface area (Å²) in [5.41, 5.74) is 0.602. The molecule has 9 heteroatoms. The van der Waals surface area contributed by atoms with E-state index in [0.717, 1.165) is 11.3 Å². The fourth-order valence-electron chi connectivity index (χ4n) is 1.92. The standard InChI is InChI=1S/C15H14N2O6S/c1-3-22-15(19)13-16-10(8-24-13)7-23-14(18)11-5-4-6-12(9(11)2)17(20)21/h4-6,8H,3,7H2,1-2H3. The number of rotatable bonds is 6. The van der Waals surface area contributed by atoms with Gasteiger partial charge in [-0.25, -0.2) is 14.6 Å². The SMILES string of the molecule is CCOC(=O)c1nc(COC(=O)c2cccc([N+](=O)[O-])c2C)cs1. The van der Waals surface area contributed by atoms with E-state index in [9.17, 15) is 19.7 Å². The Morgan fingerprint density at radius 3 is 2.71 bits per heavy atom. The molecule has 0 aliphatic heterocycles. The number of benzene rings is 1. The highest BCUT2D eigenvalue weighted by atomic mass is 32.1. The third-order valence-electron chi connectivity index (χ3n) is 3.07. The van der Waals surface area contributed by atoms with Gasteiger partial charge in [-0.2, -0.15) is 0 Å². The molecule has 0 spiro atoms. The van der Waals surface area contributed by atoms with E-state index in [2.05, 4.69) is 4.98 Å². The van der Waals surface area contributed by atoms with Crippen LogP contribution in [-0.4, -0.2) is 28.5 Å². The van der Waals surface area contributed by atoms with Crippen LogP contribution < -0.4 is 0 Å². The lowest BCUT2D eigenvalue weighted by Crippen LogP contribution is -2.09. The van der Waals surface area contributed by atoms with Crippen LogP contribution in [0.15, 0.2) is 23.6 Å². The molecule has 0 saturated heterocycles. The summed E-state index contributed by atoms with van der Waals surface area (Å²) in [5, 5.41) is 12.7. The van der Waals surface area contributed by atoms with E-state index in [1.54, 1.807) is 12.3 Å². The summed E-state index contributed by atoms with van der Waals surface area (Å²) >= 11 is 1.09. The van der Waals surface area contributed by atoms with Crippen molar-refractivity contribution < 1.29 is 24.0 Å². The van der Waals surface area contributed by atoms with Crippen LogP contribution in [-0.2, 0) is 16.1 Å². The van der Waals surface area contributed by atoms with E-state index in [0.29, 0.717) is 5.69 Å². The molecule has 0 aliphatic rings. The second kappa shape index (κ2) is 7.64. The Balaban J connectivity index is 2.05. The molecule has 8 nitrogen and oxygen atoms in total. The van der Waals surface area contributed by atoms with Gasteiger partial charge in [0.25, 0.3) is 5.69 Å². The van der Waals surface area contributed by atoms with Gasteiger partial charge in [0.15, 0.2) is 0 Å². The fraction of sp³-hybridized carbons (Fsp3) is 0.267. The van der Waals surface area contributed by atoms with E-state index in [-0.39, 0.29) is 35.0 Å². The lowest BCUT2D eigenvalue weighted by molar-refractivity contribution is -0.385. The molecular formula is C15H14N2O6S. The van der Waals surface area contributed by atoms with Gasteiger partial charge in [0.1, 0.15) is 6.61 Å². The number of ether oxygens (including phenoxy) is 2. The van der Waals surface area contributed by atoms with Crippen molar-refractivity contribution in [2.24, 2.45) is 0 Å². The number of aromatic nitrogens is 1. The Labute approximate surface area is 141 Å². The zero-order valence-corrected chi connectivity index (χ0v) is 13.8. The number of thiazole rings is 1. The molecule has 2 rings (SSSR count). The Morgan fingerprint density at radius 1 is 1.29 bits per heavy atom. The Hall–Kier alpha value is -2.81. The second-order valence-electron chi connectivity index (χ2n) is 4.65. The highest BCUT2D eigenvalue weighted by Crippen LogP contribution is 2.22. The first kappa shape index (κ1) is 17.5. The van der Waals surface area contributed by atoms with Gasteiger partial charge < -0.3 is 9.47 Å². The van der Waals surface area contributed by atoms with Crippen molar-refractivity contribution in [2.75, 3.05) is 6.61 Å². The molecule has 0 bridgehead atoms. The maximum Gasteiger partial charge on any atom is 0.367 e. The van der Waals surface area contributed by atoms with Crippen LogP contribution in [0.1, 0.15) is 38.3 Å². The number of nitro groups is 1. The van der Waals surface area contributed by atoms with Gasteiger partial charge >= 0.3 is 11.9 Å². The molecule has 24 heavy (non-hydrogen) atoms. The lowest BCUT2D eigenvalue weighted by atomic mass is 10.1. The predicted molar refractivity (Wildman–Crippen MR) is 85.0 cm³/mol. The third kappa shape index (κ3) is 3.93. The highest BCUT2D eigenvalue weighted by molar-refractivity contribution is 7.11. The van der Waals surface area contributed by atoms with E-state index < -0.39 is 16.9 Å². The molecule has 0 amide bonds. The van der Waals surface area contributed by atoms with Gasteiger partial charge in [0.2, 0.25) is 5.01 Å². The van der Waals surface area contributed by atoms with Gasteiger partial charge in [0, 0.05) is 17.0 Å². The molecule has 0 saturated carbocycles. The maximum absolute atomic E-state index is 12.1. The van der Waals surface area contributed by atoms with Crippen molar-refractivity contribution in [1.82, 2.24) is 4.98 Å². The Kier molecular flexibility index (Phi) is 5.59. The molecular weight excluding hydrogens is 336 g/mol. The van der Waals surface area contributed by atoms with Gasteiger partial charge in [-0.3, -0.25) is 10.1 Å². The molecule has 2 aromatic rings. The van der Waals surface area contributed by atoms with E-state index in [1.165, 1.54) is 25.1 Å². The smallest absolute Gasteiger partial charge is 0.367 e. The van der Waals surface area contributed by atoms with Gasteiger partial charge in [0.05, 0.1) is 22.8 Å². The number of hydrogen-bond donors (Lipinski definition) is 0. The van der Waals surface area contributed by atoms with Crippen LogP contribution in [0, 0.1) is 17.0 Å². The summed E-state index contributed by atoms with van der Waals surface area (Å²) in [4.78, 5) is 38.0. The molecule has 1 heterocycles.